The number of allylic oxidation sites excluding steroid dienone is 4. The molecule has 1 N–H and O–H groups in total. The lowest BCUT2D eigenvalue weighted by molar-refractivity contribution is -0.147. The fraction of sp³-hybridized carbons (Fsp3) is 0.417. The summed E-state index contributed by atoms with van der Waals surface area (Å²) in [7, 11) is 0. The Kier molecular flexibility index (Phi) is 4.55. The highest BCUT2D eigenvalue weighted by atomic mass is 16.5. The molecular weight excluding hydrogens is 208 g/mol. The number of ether oxygens (including phenoxy) is 1. The van der Waals surface area contributed by atoms with Crippen molar-refractivity contribution in [2.45, 2.75) is 32.3 Å². The number of carboxylic acids is 1. The number of carbonyl (C=O) groups is 1. The number of hydrogen-bond donors (Lipinski definition) is 1. The summed E-state index contributed by atoms with van der Waals surface area (Å²) in [6.07, 6.45) is 5.70. The van der Waals surface area contributed by atoms with Gasteiger partial charge in [-0.2, -0.15) is 0 Å². The highest BCUT2D eigenvalue weighted by Gasteiger charge is 2.19. The van der Waals surface area contributed by atoms with Gasteiger partial charge >= 0.3 is 5.97 Å². The summed E-state index contributed by atoms with van der Waals surface area (Å²) in [6, 6.07) is 0. The maximum absolute atomic E-state index is 10.8. The third-order valence-corrected chi connectivity index (χ3v) is 2.21. The van der Waals surface area contributed by atoms with Gasteiger partial charge in [0.1, 0.15) is 11.7 Å². The van der Waals surface area contributed by atoms with Crippen molar-refractivity contribution < 1.29 is 19.4 Å². The Bertz CT molecular complexity index is 372. The van der Waals surface area contributed by atoms with Crippen LogP contribution in [-0.4, -0.2) is 23.1 Å². The molecule has 1 atom stereocenters. The lowest BCUT2D eigenvalue weighted by Gasteiger charge is -2.16. The molecule has 1 aliphatic rings. The van der Waals surface area contributed by atoms with Crippen LogP contribution in [0.4, 0.5) is 0 Å². The van der Waals surface area contributed by atoms with Crippen molar-refractivity contribution in [3.8, 4) is 0 Å². The molecule has 0 bridgehead atoms. The molecule has 86 valence electrons. The van der Waals surface area contributed by atoms with Crippen LogP contribution < -0.4 is 0 Å². The highest BCUT2D eigenvalue weighted by Crippen LogP contribution is 2.17. The zero-order chi connectivity index (χ0) is 12.0. The van der Waals surface area contributed by atoms with Gasteiger partial charge in [0.25, 0.3) is 0 Å². The zero-order valence-electron chi connectivity index (χ0n) is 9.10. The molecule has 0 aromatic carbocycles. The SMILES string of the molecule is CCCC(OC1=CCC(=C=O)C=C1)C(=O)O. The van der Waals surface area contributed by atoms with Crippen LogP contribution >= 0.6 is 0 Å². The molecule has 1 unspecified atom stereocenters. The number of aliphatic carboxylic acids is 1. The Balaban J connectivity index is 2.61. The van der Waals surface area contributed by atoms with E-state index in [0.717, 1.165) is 6.42 Å². The van der Waals surface area contributed by atoms with E-state index in [2.05, 4.69) is 0 Å². The van der Waals surface area contributed by atoms with E-state index in [9.17, 15) is 9.59 Å². The second kappa shape index (κ2) is 5.93. The van der Waals surface area contributed by atoms with E-state index in [1.807, 2.05) is 6.92 Å². The normalized spacial score (nSPS) is 16.3. The van der Waals surface area contributed by atoms with Crippen LogP contribution in [0.2, 0.25) is 0 Å². The third-order valence-electron chi connectivity index (χ3n) is 2.21. The van der Waals surface area contributed by atoms with Crippen LogP contribution in [0.3, 0.4) is 0 Å². The topological polar surface area (TPSA) is 63.6 Å². The molecule has 0 spiro atoms. The fourth-order valence-corrected chi connectivity index (χ4v) is 1.35. The van der Waals surface area contributed by atoms with E-state index in [1.165, 1.54) is 0 Å². The van der Waals surface area contributed by atoms with Crippen molar-refractivity contribution in [2.24, 2.45) is 0 Å². The molecule has 0 aliphatic heterocycles. The summed E-state index contributed by atoms with van der Waals surface area (Å²) in [4.78, 5) is 21.2. The van der Waals surface area contributed by atoms with Crippen LogP contribution in [-0.2, 0) is 14.3 Å². The second-order valence-corrected chi connectivity index (χ2v) is 3.50. The van der Waals surface area contributed by atoms with Crippen molar-refractivity contribution in [2.75, 3.05) is 0 Å². The number of hydrogen-bond acceptors (Lipinski definition) is 3. The van der Waals surface area contributed by atoms with Gasteiger partial charge in [-0.3, -0.25) is 0 Å². The molecule has 4 nitrogen and oxygen atoms in total. The molecule has 0 fully saturated rings. The first kappa shape index (κ1) is 12.3. The molecule has 0 amide bonds. The summed E-state index contributed by atoms with van der Waals surface area (Å²) in [5, 5.41) is 8.89. The van der Waals surface area contributed by atoms with Gasteiger partial charge in [0.2, 0.25) is 0 Å². The first-order chi connectivity index (χ1) is 7.67. The van der Waals surface area contributed by atoms with E-state index in [-0.39, 0.29) is 0 Å². The summed E-state index contributed by atoms with van der Waals surface area (Å²) in [5.41, 5.74) is 0.537. The summed E-state index contributed by atoms with van der Waals surface area (Å²) >= 11 is 0. The summed E-state index contributed by atoms with van der Waals surface area (Å²) < 4.78 is 5.32. The maximum Gasteiger partial charge on any atom is 0.344 e. The minimum absolute atomic E-state index is 0.438. The lowest BCUT2D eigenvalue weighted by atomic mass is 10.1. The maximum atomic E-state index is 10.8. The number of rotatable bonds is 5. The van der Waals surface area contributed by atoms with E-state index in [1.54, 1.807) is 24.2 Å². The van der Waals surface area contributed by atoms with Gasteiger partial charge in [0, 0.05) is 12.0 Å². The van der Waals surface area contributed by atoms with Gasteiger partial charge in [-0.15, -0.1) is 0 Å². The Morgan fingerprint density at radius 1 is 1.62 bits per heavy atom. The molecule has 16 heavy (non-hydrogen) atoms. The zero-order valence-corrected chi connectivity index (χ0v) is 9.10. The largest absolute Gasteiger partial charge is 0.479 e. The molecule has 0 heterocycles. The van der Waals surface area contributed by atoms with Crippen molar-refractivity contribution in [3.63, 3.8) is 0 Å². The first-order valence-electron chi connectivity index (χ1n) is 5.19. The van der Waals surface area contributed by atoms with Crippen molar-refractivity contribution in [1.29, 1.82) is 0 Å². The summed E-state index contributed by atoms with van der Waals surface area (Å²) in [6.45, 7) is 1.90. The van der Waals surface area contributed by atoms with E-state index in [4.69, 9.17) is 9.84 Å². The molecule has 0 radical (unpaired) electrons. The fourth-order valence-electron chi connectivity index (χ4n) is 1.35. The van der Waals surface area contributed by atoms with Crippen molar-refractivity contribution >= 4 is 11.9 Å². The third kappa shape index (κ3) is 3.41. The van der Waals surface area contributed by atoms with Gasteiger partial charge in [-0.25, -0.2) is 9.59 Å². The Morgan fingerprint density at radius 3 is 2.81 bits per heavy atom. The Hall–Kier alpha value is -1.80. The molecule has 0 aromatic heterocycles. The highest BCUT2D eigenvalue weighted by molar-refractivity contribution is 5.72. The van der Waals surface area contributed by atoms with Gasteiger partial charge in [-0.05, 0) is 24.6 Å². The molecule has 1 aliphatic carbocycles. The van der Waals surface area contributed by atoms with Gasteiger partial charge in [-0.1, -0.05) is 13.3 Å². The smallest absolute Gasteiger partial charge is 0.344 e. The second-order valence-electron chi connectivity index (χ2n) is 3.50. The molecule has 0 saturated carbocycles. The van der Waals surface area contributed by atoms with E-state index < -0.39 is 12.1 Å². The van der Waals surface area contributed by atoms with Crippen LogP contribution in [0, 0.1) is 0 Å². The van der Waals surface area contributed by atoms with Gasteiger partial charge in [0.15, 0.2) is 6.10 Å². The summed E-state index contributed by atoms with van der Waals surface area (Å²) in [5.74, 6) is 1.32. The molecule has 0 saturated heterocycles. The van der Waals surface area contributed by atoms with Crippen LogP contribution in [0.1, 0.15) is 26.2 Å². The average Bonchev–Trinajstić information content (AvgIpc) is 2.29. The van der Waals surface area contributed by atoms with Crippen LogP contribution in [0.25, 0.3) is 0 Å². The predicted molar refractivity (Wildman–Crippen MR) is 58.5 cm³/mol. The monoisotopic (exact) mass is 222 g/mol. The van der Waals surface area contributed by atoms with Gasteiger partial charge in [0.05, 0.1) is 0 Å². The van der Waals surface area contributed by atoms with Crippen molar-refractivity contribution in [1.82, 2.24) is 0 Å². The molecule has 4 heteroatoms. The Labute approximate surface area is 93.9 Å². The minimum Gasteiger partial charge on any atom is -0.479 e. The number of carbonyl (C=O) groups excluding carboxylic acids is 1. The van der Waals surface area contributed by atoms with Crippen LogP contribution in [0.15, 0.2) is 29.6 Å². The van der Waals surface area contributed by atoms with Crippen LogP contribution in [0.5, 0.6) is 0 Å². The molecule has 1 rings (SSSR count). The van der Waals surface area contributed by atoms with Gasteiger partial charge < -0.3 is 9.84 Å². The number of carboxylic acid groups (broad SMARTS) is 1. The molecular formula is C12H14O4. The lowest BCUT2D eigenvalue weighted by Crippen LogP contribution is -2.23. The van der Waals surface area contributed by atoms with E-state index >= 15 is 0 Å². The van der Waals surface area contributed by atoms with Crippen molar-refractivity contribution in [3.05, 3.63) is 29.6 Å². The average molecular weight is 222 g/mol. The first-order valence-corrected chi connectivity index (χ1v) is 5.19. The quantitative estimate of drug-likeness (QED) is 0.721. The van der Waals surface area contributed by atoms with E-state index in [0.29, 0.717) is 24.2 Å². The standard InChI is InChI=1S/C12H14O4/c1-2-3-11(12(14)15)16-10-6-4-9(8-13)5-7-10/h4,6-7,11H,2-3,5H2,1H3,(H,14,15). The Morgan fingerprint density at radius 2 is 2.38 bits per heavy atom. The predicted octanol–water partition coefficient (Wildman–Crippen LogP) is 1.86. The minimum atomic E-state index is -0.965. The molecule has 0 aromatic rings.